The van der Waals surface area contributed by atoms with E-state index in [2.05, 4.69) is 27.0 Å². The minimum absolute atomic E-state index is 0. The molecule has 2 fully saturated rings. The molecule has 4 nitrogen and oxygen atoms in total. The van der Waals surface area contributed by atoms with Crippen LogP contribution in [0.1, 0.15) is 19.8 Å². The van der Waals surface area contributed by atoms with E-state index in [9.17, 15) is 8.78 Å². The lowest BCUT2D eigenvalue weighted by Crippen LogP contribution is -2.49. The molecule has 0 saturated carbocycles. The van der Waals surface area contributed by atoms with Crippen LogP contribution in [0.15, 0.2) is 23.2 Å². The third-order valence-corrected chi connectivity index (χ3v) is 6.58. The zero-order chi connectivity index (χ0) is 18.5. The van der Waals surface area contributed by atoms with Gasteiger partial charge in [-0.1, -0.05) is 6.92 Å². The van der Waals surface area contributed by atoms with E-state index in [1.807, 2.05) is 18.8 Å². The zero-order valence-corrected chi connectivity index (χ0v) is 19.1. The molecular formula is C19H29F2IN4S. The van der Waals surface area contributed by atoms with Crippen LogP contribution in [0, 0.1) is 17.6 Å². The van der Waals surface area contributed by atoms with E-state index >= 15 is 0 Å². The van der Waals surface area contributed by atoms with Crippen molar-refractivity contribution in [1.29, 1.82) is 0 Å². The summed E-state index contributed by atoms with van der Waals surface area (Å²) in [6.45, 7) is 6.89. The summed E-state index contributed by atoms with van der Waals surface area (Å²) in [7, 11) is 1.84. The van der Waals surface area contributed by atoms with Crippen molar-refractivity contribution in [3.05, 3.63) is 29.8 Å². The third kappa shape index (κ3) is 5.85. The van der Waals surface area contributed by atoms with Gasteiger partial charge in [0.2, 0.25) is 0 Å². The van der Waals surface area contributed by atoms with Gasteiger partial charge in [-0.25, -0.2) is 8.78 Å². The van der Waals surface area contributed by atoms with Gasteiger partial charge in [0.05, 0.1) is 0 Å². The Morgan fingerprint density at radius 3 is 2.78 bits per heavy atom. The summed E-state index contributed by atoms with van der Waals surface area (Å²) in [5, 5.41) is 4.20. The lowest BCUT2D eigenvalue weighted by molar-refractivity contribution is 0.402. The minimum atomic E-state index is -0.792. The second-order valence-electron chi connectivity index (χ2n) is 6.97. The molecule has 2 unspecified atom stereocenters. The van der Waals surface area contributed by atoms with Crippen molar-refractivity contribution in [1.82, 2.24) is 10.2 Å². The van der Waals surface area contributed by atoms with Crippen molar-refractivity contribution >= 4 is 47.4 Å². The van der Waals surface area contributed by atoms with Crippen LogP contribution in [0.5, 0.6) is 0 Å². The van der Waals surface area contributed by atoms with Gasteiger partial charge in [-0.2, -0.15) is 11.8 Å². The van der Waals surface area contributed by atoms with E-state index in [0.29, 0.717) is 11.2 Å². The van der Waals surface area contributed by atoms with Crippen molar-refractivity contribution in [3.63, 3.8) is 0 Å². The first-order valence-electron chi connectivity index (χ1n) is 9.38. The standard InChI is InChI=1S/C19H28F2N4S.HI/c1-3-16-13-25(8-9-26-16)19(22-2)23-11-14-6-7-24(12-14)15-4-5-17(20)18(21)10-15;/h4-5,10,14,16H,3,6-9,11-13H2,1-2H3,(H,22,23);1H. The summed E-state index contributed by atoms with van der Waals surface area (Å²) in [5.74, 6) is 1.03. The van der Waals surface area contributed by atoms with Crippen LogP contribution >= 0.6 is 35.7 Å². The number of anilines is 1. The minimum Gasteiger partial charge on any atom is -0.371 e. The number of hydrogen-bond donors (Lipinski definition) is 1. The Morgan fingerprint density at radius 1 is 1.26 bits per heavy atom. The molecule has 152 valence electrons. The van der Waals surface area contributed by atoms with Gasteiger partial charge in [-0.3, -0.25) is 4.99 Å². The van der Waals surface area contributed by atoms with Crippen LogP contribution in [-0.4, -0.2) is 61.6 Å². The SMILES string of the molecule is CCC1CN(C(=NC)NCC2CCN(c3ccc(F)c(F)c3)C2)CCS1.I. The van der Waals surface area contributed by atoms with E-state index in [0.717, 1.165) is 56.5 Å². The maximum Gasteiger partial charge on any atom is 0.193 e. The Labute approximate surface area is 182 Å². The van der Waals surface area contributed by atoms with Crippen molar-refractivity contribution < 1.29 is 8.78 Å². The molecule has 3 rings (SSSR count). The Kier molecular flexibility index (Phi) is 8.91. The normalized spacial score (nSPS) is 23.3. The molecule has 0 amide bonds. The first-order valence-corrected chi connectivity index (χ1v) is 10.4. The second-order valence-corrected chi connectivity index (χ2v) is 8.38. The van der Waals surface area contributed by atoms with E-state index in [-0.39, 0.29) is 24.0 Å². The van der Waals surface area contributed by atoms with Crippen LogP contribution in [0.3, 0.4) is 0 Å². The molecule has 0 aliphatic carbocycles. The van der Waals surface area contributed by atoms with Crippen molar-refractivity contribution in [2.45, 2.75) is 25.0 Å². The van der Waals surface area contributed by atoms with E-state index in [1.165, 1.54) is 18.6 Å². The molecule has 1 aromatic carbocycles. The largest absolute Gasteiger partial charge is 0.371 e. The quantitative estimate of drug-likeness (QED) is 0.379. The Hall–Kier alpha value is -0.770. The highest BCUT2D eigenvalue weighted by molar-refractivity contribution is 14.0. The number of halogens is 3. The monoisotopic (exact) mass is 510 g/mol. The summed E-state index contributed by atoms with van der Waals surface area (Å²) in [4.78, 5) is 8.94. The molecule has 2 atom stereocenters. The van der Waals surface area contributed by atoms with E-state index in [4.69, 9.17) is 0 Å². The molecule has 1 aromatic rings. The van der Waals surface area contributed by atoms with Gasteiger partial charge >= 0.3 is 0 Å². The highest BCUT2D eigenvalue weighted by Crippen LogP contribution is 2.25. The number of guanidine groups is 1. The lowest BCUT2D eigenvalue weighted by atomic mass is 10.1. The molecule has 0 spiro atoms. The molecular weight excluding hydrogens is 481 g/mol. The van der Waals surface area contributed by atoms with Gasteiger partial charge in [0.15, 0.2) is 17.6 Å². The van der Waals surface area contributed by atoms with Crippen molar-refractivity contribution in [3.8, 4) is 0 Å². The maximum atomic E-state index is 13.5. The summed E-state index contributed by atoms with van der Waals surface area (Å²) in [5.41, 5.74) is 0.759. The Bertz CT molecular complexity index is 646. The fraction of sp³-hybridized carbons (Fsp3) is 0.632. The van der Waals surface area contributed by atoms with Crippen LogP contribution in [0.25, 0.3) is 0 Å². The number of hydrogen-bond acceptors (Lipinski definition) is 3. The first-order chi connectivity index (χ1) is 12.6. The highest BCUT2D eigenvalue weighted by Gasteiger charge is 2.25. The number of aliphatic imine (C=N–C) groups is 1. The number of thioether (sulfide) groups is 1. The van der Waals surface area contributed by atoms with Gasteiger partial charge < -0.3 is 15.1 Å². The summed E-state index contributed by atoms with van der Waals surface area (Å²) >= 11 is 2.05. The molecule has 0 bridgehead atoms. The van der Waals surface area contributed by atoms with Gasteiger partial charge in [0.25, 0.3) is 0 Å². The molecule has 2 aliphatic heterocycles. The molecule has 8 heteroatoms. The fourth-order valence-corrected chi connectivity index (χ4v) is 4.82. The second kappa shape index (κ2) is 10.7. The van der Waals surface area contributed by atoms with Gasteiger partial charge in [0, 0.05) is 62.5 Å². The molecule has 2 aliphatic rings. The Morgan fingerprint density at radius 2 is 2.07 bits per heavy atom. The average molecular weight is 510 g/mol. The Balaban J connectivity index is 0.00000261. The molecule has 2 heterocycles. The molecule has 27 heavy (non-hydrogen) atoms. The topological polar surface area (TPSA) is 30.9 Å². The zero-order valence-electron chi connectivity index (χ0n) is 16.0. The number of benzene rings is 1. The molecule has 0 aromatic heterocycles. The van der Waals surface area contributed by atoms with Crippen LogP contribution in [0.2, 0.25) is 0 Å². The molecule has 1 N–H and O–H groups in total. The molecule has 0 radical (unpaired) electrons. The lowest BCUT2D eigenvalue weighted by Gasteiger charge is -2.34. The van der Waals surface area contributed by atoms with E-state index in [1.54, 1.807) is 6.07 Å². The van der Waals surface area contributed by atoms with Crippen molar-refractivity contribution in [2.75, 3.05) is 50.4 Å². The number of rotatable bonds is 4. The summed E-state index contributed by atoms with van der Waals surface area (Å²) < 4.78 is 26.6. The number of nitrogens with one attached hydrogen (secondary N) is 1. The van der Waals surface area contributed by atoms with Gasteiger partial charge in [0.1, 0.15) is 0 Å². The van der Waals surface area contributed by atoms with Crippen LogP contribution < -0.4 is 10.2 Å². The highest BCUT2D eigenvalue weighted by atomic mass is 127. The average Bonchev–Trinajstić information content (AvgIpc) is 3.13. The van der Waals surface area contributed by atoms with E-state index < -0.39 is 11.6 Å². The van der Waals surface area contributed by atoms with Gasteiger partial charge in [-0.05, 0) is 30.9 Å². The maximum absolute atomic E-state index is 13.5. The summed E-state index contributed by atoms with van der Waals surface area (Å²) in [6, 6.07) is 4.15. The first kappa shape index (κ1) is 22.5. The van der Waals surface area contributed by atoms with Gasteiger partial charge in [-0.15, -0.1) is 24.0 Å². The smallest absolute Gasteiger partial charge is 0.193 e. The van der Waals surface area contributed by atoms with Crippen molar-refractivity contribution in [2.24, 2.45) is 10.9 Å². The molecule has 2 saturated heterocycles. The van der Waals surface area contributed by atoms with Crippen LogP contribution in [0.4, 0.5) is 14.5 Å². The number of nitrogens with zero attached hydrogens (tertiary/aromatic N) is 3. The fourth-order valence-electron chi connectivity index (χ4n) is 3.64. The predicted octanol–water partition coefficient (Wildman–Crippen LogP) is 3.81. The summed E-state index contributed by atoms with van der Waals surface area (Å²) in [6.07, 6.45) is 2.22. The predicted molar refractivity (Wildman–Crippen MR) is 122 cm³/mol. The van der Waals surface area contributed by atoms with Crippen LogP contribution in [-0.2, 0) is 0 Å². The third-order valence-electron chi connectivity index (χ3n) is 5.21.